The minimum atomic E-state index is -3.82. The summed E-state index contributed by atoms with van der Waals surface area (Å²) in [5, 5.41) is 0. The number of halogens is 1. The first-order chi connectivity index (χ1) is 15.3. The molecule has 9 heteroatoms. The van der Waals surface area contributed by atoms with Crippen LogP contribution in [0.3, 0.4) is 0 Å². The molecule has 7 nitrogen and oxygen atoms in total. The Bertz CT molecular complexity index is 1060. The normalized spacial score (nSPS) is 17.1. The lowest BCUT2D eigenvalue weighted by molar-refractivity contribution is 0.0772. The van der Waals surface area contributed by atoms with Crippen LogP contribution in [0, 0.1) is 5.82 Å². The SMILES string of the molecule is COc1ccc(C(=O)N(C)CCOc2ccccc2F)cc1S(=O)(=O)N1CCCCC1C. The second-order valence-corrected chi connectivity index (χ2v) is 9.69. The minimum absolute atomic E-state index is 0.0180. The molecule has 1 fully saturated rings. The molecule has 0 aromatic heterocycles. The zero-order chi connectivity index (χ0) is 23.3. The van der Waals surface area contributed by atoms with Gasteiger partial charge in [0, 0.05) is 25.2 Å². The molecule has 0 aliphatic carbocycles. The second-order valence-electron chi connectivity index (χ2n) is 7.83. The van der Waals surface area contributed by atoms with Gasteiger partial charge in [-0.05, 0) is 50.1 Å². The van der Waals surface area contributed by atoms with Crippen molar-refractivity contribution in [2.45, 2.75) is 37.1 Å². The number of likely N-dealkylation sites (N-methyl/N-ethyl adjacent to an activating group) is 1. The van der Waals surface area contributed by atoms with E-state index in [4.69, 9.17) is 9.47 Å². The van der Waals surface area contributed by atoms with Gasteiger partial charge in [-0.25, -0.2) is 12.8 Å². The fraction of sp³-hybridized carbons (Fsp3) is 0.435. The standard InChI is InChI=1S/C23H29FN2O5S/c1-17-8-6-7-13-26(17)32(28,29)22-16-18(11-12-21(22)30-3)23(27)25(2)14-15-31-20-10-5-4-9-19(20)24/h4-5,9-12,16-17H,6-8,13-15H2,1-3H3. The topological polar surface area (TPSA) is 76.1 Å². The van der Waals surface area contributed by atoms with E-state index in [0.29, 0.717) is 6.54 Å². The van der Waals surface area contributed by atoms with E-state index in [-0.39, 0.29) is 47.1 Å². The largest absolute Gasteiger partial charge is 0.495 e. The van der Waals surface area contributed by atoms with E-state index in [1.807, 2.05) is 6.92 Å². The van der Waals surface area contributed by atoms with E-state index in [9.17, 15) is 17.6 Å². The number of rotatable bonds is 8. The fourth-order valence-corrected chi connectivity index (χ4v) is 5.63. The molecule has 1 unspecified atom stereocenters. The minimum Gasteiger partial charge on any atom is -0.495 e. The van der Waals surface area contributed by atoms with Crippen molar-refractivity contribution in [3.63, 3.8) is 0 Å². The number of nitrogens with zero attached hydrogens (tertiary/aromatic N) is 2. The maximum Gasteiger partial charge on any atom is 0.253 e. The summed E-state index contributed by atoms with van der Waals surface area (Å²) in [6, 6.07) is 10.3. The first-order valence-electron chi connectivity index (χ1n) is 10.6. The Balaban J connectivity index is 1.76. The molecule has 1 saturated heterocycles. The zero-order valence-electron chi connectivity index (χ0n) is 18.6. The Labute approximate surface area is 188 Å². The van der Waals surface area contributed by atoms with Gasteiger partial charge in [-0.3, -0.25) is 4.79 Å². The average molecular weight is 465 g/mol. The highest BCUT2D eigenvalue weighted by Gasteiger charge is 2.33. The van der Waals surface area contributed by atoms with Crippen LogP contribution in [0.4, 0.5) is 4.39 Å². The molecule has 2 aromatic carbocycles. The third kappa shape index (κ3) is 5.21. The number of hydrogen-bond acceptors (Lipinski definition) is 5. The Hall–Kier alpha value is -2.65. The molecule has 2 aromatic rings. The lowest BCUT2D eigenvalue weighted by Gasteiger charge is -2.32. The van der Waals surface area contributed by atoms with Crippen molar-refractivity contribution in [2.75, 3.05) is 33.9 Å². The quantitative estimate of drug-likeness (QED) is 0.597. The number of sulfonamides is 1. The first-order valence-corrected chi connectivity index (χ1v) is 12.0. The highest BCUT2D eigenvalue weighted by atomic mass is 32.2. The average Bonchev–Trinajstić information content (AvgIpc) is 2.79. The number of ether oxygens (including phenoxy) is 2. The summed E-state index contributed by atoms with van der Waals surface area (Å²) in [6.45, 7) is 2.62. The van der Waals surface area contributed by atoms with Crippen LogP contribution in [0.5, 0.6) is 11.5 Å². The molecular weight excluding hydrogens is 435 g/mol. The maximum absolute atomic E-state index is 13.7. The number of methoxy groups -OCH3 is 1. The predicted octanol–water partition coefficient (Wildman–Crippen LogP) is 3.55. The van der Waals surface area contributed by atoms with Crippen LogP contribution >= 0.6 is 0 Å². The van der Waals surface area contributed by atoms with Crippen molar-refractivity contribution < 1.29 is 27.1 Å². The predicted molar refractivity (Wildman–Crippen MR) is 119 cm³/mol. The Morgan fingerprint density at radius 3 is 2.62 bits per heavy atom. The van der Waals surface area contributed by atoms with E-state index in [1.54, 1.807) is 19.2 Å². The molecule has 3 rings (SSSR count). The van der Waals surface area contributed by atoms with E-state index in [1.165, 1.54) is 46.6 Å². The van der Waals surface area contributed by atoms with E-state index >= 15 is 0 Å². The molecule has 0 spiro atoms. The summed E-state index contributed by atoms with van der Waals surface area (Å²) in [5.41, 5.74) is 0.224. The van der Waals surface area contributed by atoms with Crippen molar-refractivity contribution in [1.29, 1.82) is 0 Å². The van der Waals surface area contributed by atoms with Gasteiger partial charge >= 0.3 is 0 Å². The number of hydrogen-bond donors (Lipinski definition) is 0. The number of benzene rings is 2. The molecule has 0 bridgehead atoms. The highest BCUT2D eigenvalue weighted by molar-refractivity contribution is 7.89. The number of carbonyl (C=O) groups is 1. The van der Waals surface area contributed by atoms with Crippen LogP contribution in [-0.4, -0.2) is 63.4 Å². The summed E-state index contributed by atoms with van der Waals surface area (Å²) in [4.78, 5) is 14.3. The number of carbonyl (C=O) groups excluding carboxylic acids is 1. The van der Waals surface area contributed by atoms with E-state index in [0.717, 1.165) is 19.3 Å². The van der Waals surface area contributed by atoms with Crippen LogP contribution in [0.1, 0.15) is 36.5 Å². The summed E-state index contributed by atoms with van der Waals surface area (Å²) in [7, 11) is -0.836. The summed E-state index contributed by atoms with van der Waals surface area (Å²) in [6.07, 6.45) is 2.59. The van der Waals surface area contributed by atoms with Crippen LogP contribution in [-0.2, 0) is 10.0 Å². The van der Waals surface area contributed by atoms with Gasteiger partial charge in [-0.1, -0.05) is 18.6 Å². The Kier molecular flexibility index (Phi) is 7.73. The number of amides is 1. The van der Waals surface area contributed by atoms with Crippen LogP contribution in [0.2, 0.25) is 0 Å². The van der Waals surface area contributed by atoms with Crippen LogP contribution < -0.4 is 9.47 Å². The molecule has 1 aliphatic rings. The molecular formula is C23H29FN2O5S. The highest BCUT2D eigenvalue weighted by Crippen LogP contribution is 2.32. The summed E-state index contributed by atoms with van der Waals surface area (Å²) in [5.74, 6) is -0.530. The molecule has 32 heavy (non-hydrogen) atoms. The molecule has 0 saturated carbocycles. The van der Waals surface area contributed by atoms with Crippen LogP contribution in [0.15, 0.2) is 47.4 Å². The van der Waals surface area contributed by atoms with Gasteiger partial charge < -0.3 is 14.4 Å². The fourth-order valence-electron chi connectivity index (χ4n) is 3.74. The van der Waals surface area contributed by atoms with Gasteiger partial charge in [-0.15, -0.1) is 0 Å². The third-order valence-corrected chi connectivity index (χ3v) is 7.64. The van der Waals surface area contributed by atoms with Crippen molar-refractivity contribution in [3.05, 3.63) is 53.8 Å². The number of piperidine rings is 1. The van der Waals surface area contributed by atoms with Gasteiger partial charge in [0.2, 0.25) is 10.0 Å². The first kappa shape index (κ1) is 24.0. The molecule has 1 aliphatic heterocycles. The smallest absolute Gasteiger partial charge is 0.253 e. The van der Waals surface area contributed by atoms with Crippen LogP contribution in [0.25, 0.3) is 0 Å². The monoisotopic (exact) mass is 464 g/mol. The van der Waals surface area contributed by atoms with Gasteiger partial charge in [0.25, 0.3) is 5.91 Å². The van der Waals surface area contributed by atoms with Crippen molar-refractivity contribution in [2.24, 2.45) is 0 Å². The lowest BCUT2D eigenvalue weighted by atomic mass is 10.1. The van der Waals surface area contributed by atoms with Gasteiger partial charge in [0.1, 0.15) is 17.3 Å². The molecule has 0 radical (unpaired) electrons. The Morgan fingerprint density at radius 1 is 1.19 bits per heavy atom. The van der Waals surface area contributed by atoms with Crippen molar-refractivity contribution in [1.82, 2.24) is 9.21 Å². The van der Waals surface area contributed by atoms with E-state index in [2.05, 4.69) is 0 Å². The van der Waals surface area contributed by atoms with E-state index < -0.39 is 15.8 Å². The van der Waals surface area contributed by atoms with Gasteiger partial charge in [0.05, 0.1) is 13.7 Å². The molecule has 1 atom stereocenters. The van der Waals surface area contributed by atoms with Gasteiger partial charge in [0.15, 0.2) is 11.6 Å². The molecule has 174 valence electrons. The van der Waals surface area contributed by atoms with Gasteiger partial charge in [-0.2, -0.15) is 4.31 Å². The lowest BCUT2D eigenvalue weighted by Crippen LogP contribution is -2.42. The zero-order valence-corrected chi connectivity index (χ0v) is 19.4. The van der Waals surface area contributed by atoms with Crippen molar-refractivity contribution in [3.8, 4) is 11.5 Å². The molecule has 0 N–H and O–H groups in total. The molecule has 1 amide bonds. The molecule has 1 heterocycles. The summed E-state index contributed by atoms with van der Waals surface area (Å²) < 4.78 is 52.5. The number of para-hydroxylation sites is 1. The third-order valence-electron chi connectivity index (χ3n) is 5.61. The second kappa shape index (κ2) is 10.3. The summed E-state index contributed by atoms with van der Waals surface area (Å²) >= 11 is 0. The Morgan fingerprint density at radius 2 is 1.94 bits per heavy atom. The van der Waals surface area contributed by atoms with Crippen molar-refractivity contribution >= 4 is 15.9 Å². The maximum atomic E-state index is 13.7.